The van der Waals surface area contributed by atoms with Gasteiger partial charge in [-0.25, -0.2) is 0 Å². The standard InChI is InChI=1S/C19H35O6/c1-2-3-4-5-6-7-8-9-10-11-14(21)12-15-17(22)19(24)18(23)16(13-20)25-15/h12,15-20,22-24H,2-11,13H2,1H3/t15?,16-,17+,18-,19-/m1/s1. The van der Waals surface area contributed by atoms with Crippen molar-refractivity contribution in [1.82, 2.24) is 0 Å². The Morgan fingerprint density at radius 3 is 2.00 bits per heavy atom. The minimum Gasteiger partial charge on any atom is -0.394 e. The van der Waals surface area contributed by atoms with Crippen LogP contribution < -0.4 is 0 Å². The molecule has 1 heterocycles. The molecule has 0 amide bonds. The summed E-state index contributed by atoms with van der Waals surface area (Å²) in [5.41, 5.74) is 0. The maximum absolute atomic E-state index is 12.0. The van der Waals surface area contributed by atoms with Crippen molar-refractivity contribution in [3.63, 3.8) is 0 Å². The van der Waals surface area contributed by atoms with Crippen LogP contribution in [0, 0.1) is 6.42 Å². The van der Waals surface area contributed by atoms with Crippen molar-refractivity contribution in [2.75, 3.05) is 6.61 Å². The van der Waals surface area contributed by atoms with E-state index in [0.29, 0.717) is 6.42 Å². The van der Waals surface area contributed by atoms with Crippen LogP contribution in [0.2, 0.25) is 0 Å². The fourth-order valence-corrected chi connectivity index (χ4v) is 3.14. The van der Waals surface area contributed by atoms with E-state index in [1.54, 1.807) is 0 Å². The quantitative estimate of drug-likeness (QED) is 0.372. The SMILES string of the molecule is CCCCCCCCCCCC(=O)[CH]C1O[C@H](CO)[C@@H](O)[C@H](O)[C@H]1O. The highest BCUT2D eigenvalue weighted by Gasteiger charge is 2.43. The molecule has 1 saturated heterocycles. The molecule has 1 unspecified atom stereocenters. The minimum absolute atomic E-state index is 0.146. The molecule has 4 N–H and O–H groups in total. The fourth-order valence-electron chi connectivity index (χ4n) is 3.14. The molecule has 5 atom stereocenters. The van der Waals surface area contributed by atoms with E-state index in [1.807, 2.05) is 0 Å². The van der Waals surface area contributed by atoms with Gasteiger partial charge in [-0.2, -0.15) is 0 Å². The molecular weight excluding hydrogens is 324 g/mol. The summed E-state index contributed by atoms with van der Waals surface area (Å²) in [5.74, 6) is -0.146. The Kier molecular flexibility index (Phi) is 11.5. The molecule has 6 heteroatoms. The summed E-state index contributed by atoms with van der Waals surface area (Å²) >= 11 is 0. The molecule has 0 bridgehead atoms. The van der Waals surface area contributed by atoms with Gasteiger partial charge in [-0.15, -0.1) is 0 Å². The van der Waals surface area contributed by atoms with Crippen molar-refractivity contribution in [2.24, 2.45) is 0 Å². The number of Topliss-reactive ketones (excluding diaryl/α,β-unsaturated/α-hetero) is 1. The van der Waals surface area contributed by atoms with Crippen LogP contribution in [-0.4, -0.2) is 63.3 Å². The lowest BCUT2D eigenvalue weighted by atomic mass is 9.92. The largest absolute Gasteiger partial charge is 0.394 e. The molecule has 0 saturated carbocycles. The molecule has 1 aliphatic rings. The number of ketones is 1. The van der Waals surface area contributed by atoms with Gasteiger partial charge >= 0.3 is 0 Å². The second-order valence-electron chi connectivity index (χ2n) is 7.00. The molecule has 1 aliphatic heterocycles. The summed E-state index contributed by atoms with van der Waals surface area (Å²) in [4.78, 5) is 12.0. The van der Waals surface area contributed by atoms with Crippen molar-refractivity contribution >= 4 is 5.78 Å². The lowest BCUT2D eigenvalue weighted by Crippen LogP contribution is -2.59. The first-order valence-electron chi connectivity index (χ1n) is 9.69. The molecule has 1 radical (unpaired) electrons. The maximum Gasteiger partial charge on any atom is 0.139 e. The Balaban J connectivity index is 2.15. The average molecular weight is 359 g/mol. The van der Waals surface area contributed by atoms with Crippen LogP contribution >= 0.6 is 0 Å². The third-order valence-electron chi connectivity index (χ3n) is 4.81. The predicted molar refractivity (Wildman–Crippen MR) is 94.9 cm³/mol. The van der Waals surface area contributed by atoms with E-state index in [-0.39, 0.29) is 5.78 Å². The van der Waals surface area contributed by atoms with E-state index < -0.39 is 37.1 Å². The Bertz CT molecular complexity index is 360. The molecule has 0 aliphatic carbocycles. The smallest absolute Gasteiger partial charge is 0.139 e. The van der Waals surface area contributed by atoms with E-state index in [0.717, 1.165) is 19.3 Å². The van der Waals surface area contributed by atoms with Crippen LogP contribution in [0.3, 0.4) is 0 Å². The summed E-state index contributed by atoms with van der Waals surface area (Å²) in [6.07, 6.45) is 6.01. The normalized spacial score (nSPS) is 29.7. The fraction of sp³-hybridized carbons (Fsp3) is 0.895. The molecule has 6 nitrogen and oxygen atoms in total. The summed E-state index contributed by atoms with van der Waals surface area (Å²) in [5, 5.41) is 38.4. The third kappa shape index (κ3) is 8.13. The number of ether oxygens (including phenoxy) is 1. The van der Waals surface area contributed by atoms with Gasteiger partial charge in [0.2, 0.25) is 0 Å². The second kappa shape index (κ2) is 12.8. The second-order valence-corrected chi connectivity index (χ2v) is 7.00. The summed E-state index contributed by atoms with van der Waals surface area (Å²) in [6.45, 7) is 1.72. The molecular formula is C19H35O6. The first-order valence-corrected chi connectivity index (χ1v) is 9.69. The van der Waals surface area contributed by atoms with Crippen LogP contribution in [0.4, 0.5) is 0 Å². The lowest BCUT2D eigenvalue weighted by Gasteiger charge is -2.39. The van der Waals surface area contributed by atoms with E-state index in [2.05, 4.69) is 6.92 Å². The Hall–Kier alpha value is -0.530. The van der Waals surface area contributed by atoms with Crippen molar-refractivity contribution in [1.29, 1.82) is 0 Å². The van der Waals surface area contributed by atoms with Gasteiger partial charge in [0.1, 0.15) is 30.2 Å². The Labute approximate surface area is 151 Å². The molecule has 0 spiro atoms. The number of carbonyl (C=O) groups excluding carboxylic acids is 1. The lowest BCUT2D eigenvalue weighted by molar-refractivity contribution is -0.220. The zero-order valence-electron chi connectivity index (χ0n) is 15.3. The Morgan fingerprint density at radius 1 is 0.880 bits per heavy atom. The highest BCUT2D eigenvalue weighted by molar-refractivity contribution is 5.87. The molecule has 1 fully saturated rings. The van der Waals surface area contributed by atoms with Gasteiger partial charge in [-0.1, -0.05) is 58.3 Å². The average Bonchev–Trinajstić information content (AvgIpc) is 2.60. The predicted octanol–water partition coefficient (Wildman–Crippen LogP) is 1.52. The van der Waals surface area contributed by atoms with Crippen molar-refractivity contribution in [3.05, 3.63) is 6.42 Å². The van der Waals surface area contributed by atoms with Crippen molar-refractivity contribution < 1.29 is 30.0 Å². The Morgan fingerprint density at radius 2 is 1.44 bits per heavy atom. The van der Waals surface area contributed by atoms with Crippen LogP contribution in [0.15, 0.2) is 0 Å². The zero-order chi connectivity index (χ0) is 18.7. The van der Waals surface area contributed by atoms with Crippen LogP contribution in [0.25, 0.3) is 0 Å². The topological polar surface area (TPSA) is 107 Å². The first-order chi connectivity index (χ1) is 12.0. The zero-order valence-corrected chi connectivity index (χ0v) is 15.3. The van der Waals surface area contributed by atoms with Gasteiger partial charge in [0.15, 0.2) is 0 Å². The van der Waals surface area contributed by atoms with Crippen LogP contribution in [0.1, 0.15) is 71.1 Å². The third-order valence-corrected chi connectivity index (χ3v) is 4.81. The monoisotopic (exact) mass is 359 g/mol. The molecule has 25 heavy (non-hydrogen) atoms. The highest BCUT2D eigenvalue weighted by Crippen LogP contribution is 2.23. The molecule has 1 rings (SSSR count). The molecule has 0 aromatic carbocycles. The first kappa shape index (κ1) is 22.5. The highest BCUT2D eigenvalue weighted by atomic mass is 16.5. The van der Waals surface area contributed by atoms with Crippen LogP contribution in [-0.2, 0) is 9.53 Å². The molecule has 147 valence electrons. The van der Waals surface area contributed by atoms with Crippen LogP contribution in [0.5, 0.6) is 0 Å². The number of hydrogen-bond acceptors (Lipinski definition) is 6. The van der Waals surface area contributed by atoms with Gasteiger partial charge < -0.3 is 25.2 Å². The van der Waals surface area contributed by atoms with Crippen molar-refractivity contribution in [2.45, 2.75) is 102 Å². The van der Waals surface area contributed by atoms with Crippen molar-refractivity contribution in [3.8, 4) is 0 Å². The van der Waals surface area contributed by atoms with E-state index in [9.17, 15) is 20.1 Å². The van der Waals surface area contributed by atoms with Gasteiger partial charge in [0, 0.05) is 6.42 Å². The number of unbranched alkanes of at least 4 members (excludes halogenated alkanes) is 8. The van der Waals surface area contributed by atoms with Gasteiger partial charge in [-0.3, -0.25) is 4.79 Å². The number of aliphatic hydroxyl groups is 4. The minimum atomic E-state index is -1.44. The summed E-state index contributed by atoms with van der Waals surface area (Å²) < 4.78 is 5.31. The molecule has 0 aromatic heterocycles. The van der Waals surface area contributed by atoms with E-state index >= 15 is 0 Å². The summed E-state index contributed by atoms with van der Waals surface area (Å²) in [7, 11) is 0. The number of hydrogen-bond donors (Lipinski definition) is 4. The maximum atomic E-state index is 12.0. The van der Waals surface area contributed by atoms with Gasteiger partial charge in [0.05, 0.1) is 19.1 Å². The van der Waals surface area contributed by atoms with Gasteiger partial charge in [0.25, 0.3) is 0 Å². The molecule has 0 aromatic rings. The number of aliphatic hydroxyl groups excluding tert-OH is 4. The summed E-state index contributed by atoms with van der Waals surface area (Å²) in [6, 6.07) is 0. The van der Waals surface area contributed by atoms with E-state index in [1.165, 1.54) is 44.9 Å². The number of carbonyl (C=O) groups is 1. The number of rotatable bonds is 13. The van der Waals surface area contributed by atoms with E-state index in [4.69, 9.17) is 9.84 Å². The van der Waals surface area contributed by atoms with Gasteiger partial charge in [-0.05, 0) is 6.42 Å².